The maximum atomic E-state index is 14.9. The first-order valence-electron chi connectivity index (χ1n) is 8.35. The Morgan fingerprint density at radius 3 is 2.21 bits per heavy atom. The molecule has 0 saturated heterocycles. The van der Waals surface area contributed by atoms with Gasteiger partial charge in [0.15, 0.2) is 5.60 Å². The summed E-state index contributed by atoms with van der Waals surface area (Å²) < 4.78 is 62.3. The van der Waals surface area contributed by atoms with Crippen LogP contribution in [0.4, 0.5) is 17.6 Å². The lowest BCUT2D eigenvalue weighted by atomic mass is 9.86. The zero-order valence-corrected chi connectivity index (χ0v) is 15.0. The molecular formula is C21H14F4N2O2. The molecule has 1 aromatic heterocycles. The van der Waals surface area contributed by atoms with E-state index in [1.807, 2.05) is 6.07 Å². The van der Waals surface area contributed by atoms with E-state index in [0.717, 1.165) is 31.3 Å². The van der Waals surface area contributed by atoms with Gasteiger partial charge in [0.25, 0.3) is 0 Å². The topological polar surface area (TPSA) is 66.1 Å². The first-order valence-corrected chi connectivity index (χ1v) is 8.35. The fraction of sp³-hybridized carbons (Fsp3) is 0.143. The molecule has 0 amide bonds. The normalized spacial score (nSPS) is 13.4. The minimum atomic E-state index is -3.99. The highest BCUT2D eigenvalue weighted by Crippen LogP contribution is 2.45. The number of nitrogens with zero attached hydrogens (tertiary/aromatic N) is 2. The van der Waals surface area contributed by atoms with Crippen LogP contribution in [-0.2, 0) is 11.5 Å². The molecule has 8 heteroatoms. The van der Waals surface area contributed by atoms with Crippen LogP contribution in [0.15, 0.2) is 60.8 Å². The standard InChI is InChI=1S/C21H14F4N2O2/c1-20(28,17-8-4-14(22)10-18(17)23)21(24,25)19-9-7-16(12-27-19)29-15-5-2-13(11-26)3-6-15/h2-10,12,28H,1H3. The van der Waals surface area contributed by atoms with E-state index in [1.165, 1.54) is 30.3 Å². The highest BCUT2D eigenvalue weighted by molar-refractivity contribution is 5.37. The monoisotopic (exact) mass is 402 g/mol. The Balaban J connectivity index is 1.86. The molecule has 1 N–H and O–H groups in total. The maximum Gasteiger partial charge on any atom is 0.321 e. The Morgan fingerprint density at radius 1 is 1.00 bits per heavy atom. The van der Waals surface area contributed by atoms with Gasteiger partial charge in [0.1, 0.15) is 28.8 Å². The number of benzene rings is 2. The van der Waals surface area contributed by atoms with E-state index in [0.29, 0.717) is 17.4 Å². The minimum absolute atomic E-state index is 0.141. The molecule has 0 radical (unpaired) electrons. The van der Waals surface area contributed by atoms with Crippen LogP contribution < -0.4 is 4.74 Å². The molecule has 0 fully saturated rings. The van der Waals surface area contributed by atoms with Gasteiger partial charge in [-0.25, -0.2) is 8.78 Å². The Morgan fingerprint density at radius 2 is 1.66 bits per heavy atom. The second-order valence-corrected chi connectivity index (χ2v) is 6.39. The molecule has 0 spiro atoms. The van der Waals surface area contributed by atoms with Crippen LogP contribution in [0.3, 0.4) is 0 Å². The van der Waals surface area contributed by atoms with Crippen LogP contribution in [0.5, 0.6) is 11.5 Å². The van der Waals surface area contributed by atoms with E-state index in [-0.39, 0.29) is 5.75 Å². The third-order valence-corrected chi connectivity index (χ3v) is 4.34. The molecule has 0 aliphatic heterocycles. The highest BCUT2D eigenvalue weighted by Gasteiger charge is 2.54. The smallest absolute Gasteiger partial charge is 0.321 e. The molecular weight excluding hydrogens is 388 g/mol. The lowest BCUT2D eigenvalue weighted by Gasteiger charge is -2.32. The van der Waals surface area contributed by atoms with Crippen LogP contribution in [0.2, 0.25) is 0 Å². The average Bonchev–Trinajstić information content (AvgIpc) is 2.68. The van der Waals surface area contributed by atoms with E-state index in [2.05, 4.69) is 4.98 Å². The Bertz CT molecular complexity index is 1060. The summed E-state index contributed by atoms with van der Waals surface area (Å²) in [5, 5.41) is 19.2. The molecule has 0 aliphatic carbocycles. The van der Waals surface area contributed by atoms with Gasteiger partial charge in [0.2, 0.25) is 0 Å². The van der Waals surface area contributed by atoms with Crippen molar-refractivity contribution >= 4 is 0 Å². The second kappa shape index (κ2) is 7.53. The number of halogens is 4. The molecule has 0 bridgehead atoms. The zero-order chi connectivity index (χ0) is 21.2. The van der Waals surface area contributed by atoms with Gasteiger partial charge in [-0.15, -0.1) is 0 Å². The van der Waals surface area contributed by atoms with Gasteiger partial charge in [-0.1, -0.05) is 6.07 Å². The van der Waals surface area contributed by atoms with Crippen LogP contribution in [0.1, 0.15) is 23.7 Å². The van der Waals surface area contributed by atoms with Crippen molar-refractivity contribution in [2.75, 3.05) is 0 Å². The molecule has 3 aromatic rings. The molecule has 148 valence electrons. The number of aliphatic hydroxyl groups is 1. The van der Waals surface area contributed by atoms with Crippen molar-refractivity contribution in [1.82, 2.24) is 4.98 Å². The SMILES string of the molecule is CC(O)(c1ccc(F)cc1F)C(F)(F)c1ccc(Oc2ccc(C#N)cc2)cn1. The van der Waals surface area contributed by atoms with E-state index < -0.39 is 34.4 Å². The summed E-state index contributed by atoms with van der Waals surface area (Å²) in [7, 11) is 0. The van der Waals surface area contributed by atoms with Gasteiger partial charge < -0.3 is 9.84 Å². The third kappa shape index (κ3) is 3.91. The van der Waals surface area contributed by atoms with Crippen molar-refractivity contribution in [1.29, 1.82) is 5.26 Å². The van der Waals surface area contributed by atoms with Crippen LogP contribution in [-0.4, -0.2) is 10.1 Å². The van der Waals surface area contributed by atoms with Gasteiger partial charge in [0, 0.05) is 11.6 Å². The molecule has 2 aromatic carbocycles. The second-order valence-electron chi connectivity index (χ2n) is 6.39. The van der Waals surface area contributed by atoms with E-state index in [4.69, 9.17) is 10.00 Å². The molecule has 29 heavy (non-hydrogen) atoms. The summed E-state index contributed by atoms with van der Waals surface area (Å²) in [6, 6.07) is 12.2. The van der Waals surface area contributed by atoms with Crippen molar-refractivity contribution in [3.8, 4) is 17.6 Å². The largest absolute Gasteiger partial charge is 0.456 e. The number of aromatic nitrogens is 1. The molecule has 0 saturated carbocycles. The predicted molar refractivity (Wildman–Crippen MR) is 95.3 cm³/mol. The zero-order valence-electron chi connectivity index (χ0n) is 15.0. The lowest BCUT2D eigenvalue weighted by molar-refractivity contribution is -0.189. The fourth-order valence-corrected chi connectivity index (χ4v) is 2.66. The molecule has 1 heterocycles. The molecule has 0 aliphatic rings. The van der Waals surface area contributed by atoms with Crippen LogP contribution in [0, 0.1) is 23.0 Å². The average molecular weight is 402 g/mol. The van der Waals surface area contributed by atoms with Crippen molar-refractivity contribution < 1.29 is 27.4 Å². The van der Waals surface area contributed by atoms with E-state index >= 15 is 0 Å². The van der Waals surface area contributed by atoms with Crippen molar-refractivity contribution in [3.63, 3.8) is 0 Å². The number of nitriles is 1. The van der Waals surface area contributed by atoms with Gasteiger partial charge >= 0.3 is 5.92 Å². The van der Waals surface area contributed by atoms with Gasteiger partial charge in [-0.2, -0.15) is 14.0 Å². The number of hydrogen-bond donors (Lipinski definition) is 1. The summed E-state index contributed by atoms with van der Waals surface area (Å²) in [4.78, 5) is 3.64. The van der Waals surface area contributed by atoms with Crippen LogP contribution in [0.25, 0.3) is 0 Å². The molecule has 4 nitrogen and oxygen atoms in total. The predicted octanol–water partition coefficient (Wildman–Crippen LogP) is 5.02. The lowest BCUT2D eigenvalue weighted by Crippen LogP contribution is -2.42. The summed E-state index contributed by atoms with van der Waals surface area (Å²) in [6.07, 6.45) is 1.03. The van der Waals surface area contributed by atoms with Gasteiger partial charge in [0.05, 0.1) is 17.8 Å². The van der Waals surface area contributed by atoms with E-state index in [1.54, 1.807) is 0 Å². The fourth-order valence-electron chi connectivity index (χ4n) is 2.66. The number of ether oxygens (including phenoxy) is 1. The Kier molecular flexibility index (Phi) is 5.27. The Labute approximate surface area is 163 Å². The number of alkyl halides is 2. The number of rotatable bonds is 5. The molecule has 1 unspecified atom stereocenters. The quantitative estimate of drug-likeness (QED) is 0.609. The first kappa shape index (κ1) is 20.3. The van der Waals surface area contributed by atoms with Gasteiger partial charge in [-0.3, -0.25) is 4.98 Å². The van der Waals surface area contributed by atoms with Crippen molar-refractivity contribution in [2.24, 2.45) is 0 Å². The van der Waals surface area contributed by atoms with E-state index in [9.17, 15) is 22.7 Å². The van der Waals surface area contributed by atoms with Crippen LogP contribution >= 0.6 is 0 Å². The summed E-state index contributed by atoms with van der Waals surface area (Å²) in [5.41, 5.74) is -4.13. The number of pyridine rings is 1. The summed E-state index contributed by atoms with van der Waals surface area (Å²) in [6.45, 7) is 0.728. The van der Waals surface area contributed by atoms with Gasteiger partial charge in [-0.05, 0) is 49.4 Å². The summed E-state index contributed by atoms with van der Waals surface area (Å²) >= 11 is 0. The Hall–Kier alpha value is -3.44. The first-order chi connectivity index (χ1) is 13.6. The summed E-state index contributed by atoms with van der Waals surface area (Å²) in [5.74, 6) is -5.73. The minimum Gasteiger partial charge on any atom is -0.456 e. The molecule has 3 rings (SSSR count). The van der Waals surface area contributed by atoms with Crippen molar-refractivity contribution in [2.45, 2.75) is 18.4 Å². The molecule has 1 atom stereocenters. The number of hydrogen-bond acceptors (Lipinski definition) is 4. The third-order valence-electron chi connectivity index (χ3n) is 4.34. The van der Waals surface area contributed by atoms with Crippen molar-refractivity contribution in [3.05, 3.63) is 89.2 Å². The maximum absolute atomic E-state index is 14.9. The highest BCUT2D eigenvalue weighted by atomic mass is 19.3.